The Bertz CT molecular complexity index is 1060. The minimum atomic E-state index is -1.01. The van der Waals surface area contributed by atoms with Crippen molar-refractivity contribution in [3.05, 3.63) is 108 Å². The van der Waals surface area contributed by atoms with Crippen molar-refractivity contribution in [1.29, 1.82) is 0 Å². The Hall–Kier alpha value is -3.44. The maximum absolute atomic E-state index is 13.8. The molecule has 0 saturated carbocycles. The lowest BCUT2D eigenvalue weighted by Crippen LogP contribution is -2.62. The van der Waals surface area contributed by atoms with Gasteiger partial charge >= 0.3 is 5.97 Å². The molecule has 3 aromatic rings. The Morgan fingerprint density at radius 3 is 1.91 bits per heavy atom. The average Bonchev–Trinajstić information content (AvgIpc) is 2.89. The van der Waals surface area contributed by atoms with Crippen molar-refractivity contribution in [1.82, 2.24) is 9.80 Å². The first-order chi connectivity index (χ1) is 16.6. The van der Waals surface area contributed by atoms with Crippen LogP contribution in [0.3, 0.4) is 0 Å². The van der Waals surface area contributed by atoms with Crippen molar-refractivity contribution >= 4 is 11.9 Å². The van der Waals surface area contributed by atoms with Crippen LogP contribution in [-0.4, -0.2) is 46.9 Å². The standard InChI is InChI=1S/C29H32N2O3/c1-2-34-28(33)29(18-20-30(21-19-29)22-24-12-6-3-7-13-24)31(23-25-14-8-4-9-15-25)27(32)26-16-10-5-11-17-26/h3-17H,2,18-23H2,1H3. The molecule has 0 bridgehead atoms. The molecule has 0 aliphatic carbocycles. The Morgan fingerprint density at radius 1 is 0.824 bits per heavy atom. The van der Waals surface area contributed by atoms with E-state index in [9.17, 15) is 9.59 Å². The Morgan fingerprint density at radius 2 is 1.35 bits per heavy atom. The third-order valence-electron chi connectivity index (χ3n) is 6.55. The van der Waals surface area contributed by atoms with Crippen molar-refractivity contribution in [3.63, 3.8) is 0 Å². The number of esters is 1. The highest BCUT2D eigenvalue weighted by Gasteiger charge is 2.49. The summed E-state index contributed by atoms with van der Waals surface area (Å²) in [5, 5.41) is 0. The predicted molar refractivity (Wildman–Crippen MR) is 133 cm³/mol. The van der Waals surface area contributed by atoms with E-state index in [2.05, 4.69) is 17.0 Å². The maximum atomic E-state index is 13.8. The first kappa shape index (κ1) is 23.7. The molecule has 34 heavy (non-hydrogen) atoms. The SMILES string of the molecule is CCOC(=O)C1(N(Cc2ccccc2)C(=O)c2ccccc2)CCN(Cc2ccccc2)CC1. The maximum Gasteiger partial charge on any atom is 0.332 e. The summed E-state index contributed by atoms with van der Waals surface area (Å²) >= 11 is 0. The molecule has 1 aliphatic heterocycles. The molecule has 0 spiro atoms. The van der Waals surface area contributed by atoms with E-state index in [-0.39, 0.29) is 18.5 Å². The van der Waals surface area contributed by atoms with Gasteiger partial charge < -0.3 is 9.64 Å². The second-order valence-electron chi connectivity index (χ2n) is 8.76. The van der Waals surface area contributed by atoms with Crippen LogP contribution in [0.25, 0.3) is 0 Å². The van der Waals surface area contributed by atoms with E-state index in [0.29, 0.717) is 38.0 Å². The number of nitrogens with zero attached hydrogens (tertiary/aromatic N) is 2. The van der Waals surface area contributed by atoms with Crippen molar-refractivity contribution < 1.29 is 14.3 Å². The summed E-state index contributed by atoms with van der Waals surface area (Å²) in [4.78, 5) is 31.5. The van der Waals surface area contributed by atoms with Gasteiger partial charge in [-0.3, -0.25) is 9.69 Å². The summed E-state index contributed by atoms with van der Waals surface area (Å²) in [5.41, 5.74) is 1.80. The highest BCUT2D eigenvalue weighted by atomic mass is 16.5. The number of carbonyl (C=O) groups excluding carboxylic acids is 2. The number of hydrogen-bond donors (Lipinski definition) is 0. The molecule has 0 radical (unpaired) electrons. The molecule has 4 rings (SSSR count). The Kier molecular flexibility index (Phi) is 7.76. The van der Waals surface area contributed by atoms with Gasteiger partial charge in [-0.2, -0.15) is 0 Å². The van der Waals surface area contributed by atoms with Gasteiger partial charge in [0.2, 0.25) is 0 Å². The topological polar surface area (TPSA) is 49.9 Å². The summed E-state index contributed by atoms with van der Waals surface area (Å²) in [6.45, 7) is 4.70. The highest BCUT2D eigenvalue weighted by Crippen LogP contribution is 2.34. The Labute approximate surface area is 202 Å². The van der Waals surface area contributed by atoms with E-state index in [1.165, 1.54) is 5.56 Å². The summed E-state index contributed by atoms with van der Waals surface area (Å²) in [6, 6.07) is 29.4. The van der Waals surface area contributed by atoms with Gasteiger partial charge in [0.15, 0.2) is 0 Å². The Balaban J connectivity index is 1.65. The second-order valence-corrected chi connectivity index (χ2v) is 8.76. The third kappa shape index (κ3) is 5.37. The number of amides is 1. The zero-order chi connectivity index (χ0) is 23.8. The monoisotopic (exact) mass is 456 g/mol. The zero-order valence-corrected chi connectivity index (χ0v) is 19.7. The fourth-order valence-corrected chi connectivity index (χ4v) is 4.69. The molecule has 1 aliphatic rings. The molecular weight excluding hydrogens is 424 g/mol. The summed E-state index contributed by atoms with van der Waals surface area (Å²) in [7, 11) is 0. The molecule has 5 heteroatoms. The lowest BCUT2D eigenvalue weighted by atomic mass is 9.84. The van der Waals surface area contributed by atoms with Gasteiger partial charge in [0.05, 0.1) is 6.61 Å². The molecule has 176 valence electrons. The lowest BCUT2D eigenvalue weighted by Gasteiger charge is -2.47. The van der Waals surface area contributed by atoms with Gasteiger partial charge in [-0.15, -0.1) is 0 Å². The first-order valence-electron chi connectivity index (χ1n) is 12.0. The largest absolute Gasteiger partial charge is 0.464 e. The number of hydrogen-bond acceptors (Lipinski definition) is 4. The zero-order valence-electron chi connectivity index (χ0n) is 19.7. The average molecular weight is 457 g/mol. The minimum absolute atomic E-state index is 0.144. The third-order valence-corrected chi connectivity index (χ3v) is 6.55. The molecule has 1 heterocycles. The molecule has 3 aromatic carbocycles. The van der Waals surface area contributed by atoms with Gasteiger partial charge in [-0.1, -0.05) is 78.9 Å². The van der Waals surface area contributed by atoms with Crippen molar-refractivity contribution in [3.8, 4) is 0 Å². The van der Waals surface area contributed by atoms with Crippen molar-refractivity contribution in [2.75, 3.05) is 19.7 Å². The van der Waals surface area contributed by atoms with E-state index < -0.39 is 5.54 Å². The van der Waals surface area contributed by atoms with Crippen molar-refractivity contribution in [2.24, 2.45) is 0 Å². The second kappa shape index (κ2) is 11.1. The van der Waals surface area contributed by atoms with Crippen LogP contribution in [0.5, 0.6) is 0 Å². The van der Waals surface area contributed by atoms with E-state index in [1.54, 1.807) is 4.90 Å². The molecule has 0 aromatic heterocycles. The molecule has 1 fully saturated rings. The lowest BCUT2D eigenvalue weighted by molar-refractivity contribution is -0.160. The van der Waals surface area contributed by atoms with E-state index in [0.717, 1.165) is 12.1 Å². The molecule has 0 atom stereocenters. The molecule has 0 N–H and O–H groups in total. The fourth-order valence-electron chi connectivity index (χ4n) is 4.69. The molecule has 0 unspecified atom stereocenters. The van der Waals surface area contributed by atoms with Crippen LogP contribution in [-0.2, 0) is 22.6 Å². The smallest absolute Gasteiger partial charge is 0.332 e. The van der Waals surface area contributed by atoms with E-state index >= 15 is 0 Å². The van der Waals surface area contributed by atoms with Crippen LogP contribution < -0.4 is 0 Å². The number of likely N-dealkylation sites (tertiary alicyclic amines) is 1. The first-order valence-corrected chi connectivity index (χ1v) is 12.0. The molecule has 1 amide bonds. The molecule has 1 saturated heterocycles. The van der Waals surface area contributed by atoms with Crippen LogP contribution in [0.2, 0.25) is 0 Å². The van der Waals surface area contributed by atoms with E-state index in [1.807, 2.05) is 85.8 Å². The number of ether oxygens (including phenoxy) is 1. The van der Waals surface area contributed by atoms with Gasteiger partial charge in [-0.25, -0.2) is 4.79 Å². The number of piperidine rings is 1. The normalized spacial score (nSPS) is 15.4. The van der Waals surface area contributed by atoms with Crippen LogP contribution in [0.15, 0.2) is 91.0 Å². The van der Waals surface area contributed by atoms with Gasteiger partial charge in [-0.05, 0) is 43.0 Å². The fraction of sp³-hybridized carbons (Fsp3) is 0.310. The summed E-state index contributed by atoms with van der Waals surface area (Å²) < 4.78 is 5.59. The number of rotatable bonds is 8. The van der Waals surface area contributed by atoms with Gasteiger partial charge in [0, 0.05) is 31.7 Å². The predicted octanol–water partition coefficient (Wildman–Crippen LogP) is 4.93. The molecular formula is C29H32N2O3. The summed E-state index contributed by atoms with van der Waals surface area (Å²) in [6.07, 6.45) is 1.06. The molecule has 5 nitrogen and oxygen atoms in total. The van der Waals surface area contributed by atoms with Gasteiger partial charge in [0.25, 0.3) is 5.91 Å². The highest BCUT2D eigenvalue weighted by molar-refractivity contribution is 5.98. The van der Waals surface area contributed by atoms with E-state index in [4.69, 9.17) is 4.74 Å². The van der Waals surface area contributed by atoms with Gasteiger partial charge in [0.1, 0.15) is 5.54 Å². The van der Waals surface area contributed by atoms with Crippen molar-refractivity contribution in [2.45, 2.75) is 38.4 Å². The number of benzene rings is 3. The van der Waals surface area contributed by atoms with Crippen LogP contribution in [0.4, 0.5) is 0 Å². The number of carbonyl (C=O) groups is 2. The van der Waals surface area contributed by atoms with Crippen LogP contribution in [0.1, 0.15) is 41.3 Å². The van der Waals surface area contributed by atoms with Crippen LogP contribution in [0, 0.1) is 0 Å². The quantitative estimate of drug-likeness (QED) is 0.451. The summed E-state index contributed by atoms with van der Waals surface area (Å²) in [5.74, 6) is -0.455. The minimum Gasteiger partial charge on any atom is -0.464 e. The van der Waals surface area contributed by atoms with Crippen LogP contribution >= 0.6 is 0 Å².